The molecule has 0 bridgehead atoms. The van der Waals surface area contributed by atoms with Crippen LogP contribution in [-0.2, 0) is 9.59 Å². The Kier molecular flexibility index (Phi) is 6.02. The number of nitrogens with zero attached hydrogens (tertiary/aromatic N) is 3. The second-order valence-corrected chi connectivity index (χ2v) is 9.20. The monoisotopic (exact) mass is 432 g/mol. The molecule has 3 aliphatic rings. The van der Waals surface area contributed by atoms with Gasteiger partial charge in [-0.2, -0.15) is 0 Å². The van der Waals surface area contributed by atoms with Crippen molar-refractivity contribution in [2.45, 2.75) is 38.5 Å². The fourth-order valence-corrected chi connectivity index (χ4v) is 5.10. The zero-order valence-electron chi connectivity index (χ0n) is 18.6. The van der Waals surface area contributed by atoms with Gasteiger partial charge in [-0.25, -0.2) is 0 Å². The summed E-state index contributed by atoms with van der Waals surface area (Å²) in [4.78, 5) is 32.0. The number of carbonyl (C=O) groups is 2. The summed E-state index contributed by atoms with van der Waals surface area (Å²) in [6.07, 6.45) is 6.53. The molecule has 6 nitrogen and oxygen atoms in total. The lowest BCUT2D eigenvalue weighted by Crippen LogP contribution is -2.29. The molecule has 3 saturated heterocycles. The molecule has 0 radical (unpaired) electrons. The predicted molar refractivity (Wildman–Crippen MR) is 129 cm³/mol. The molecule has 1 N–H and O–H groups in total. The third-order valence-corrected chi connectivity index (χ3v) is 6.98. The van der Waals surface area contributed by atoms with Crippen LogP contribution in [0, 0.1) is 5.92 Å². The number of benzene rings is 2. The maximum Gasteiger partial charge on any atom is 0.229 e. The Hall–Kier alpha value is -3.02. The number of nitrogens with one attached hydrogen (secondary N) is 1. The highest BCUT2D eigenvalue weighted by molar-refractivity contribution is 6.03. The standard InChI is InChI=1S/C26H32N4O2/c31-25-18-20(19-30(25)24-12-10-23(11-13-24)29-16-4-5-17-29)26(32)27-21-6-8-22(9-7-21)28-14-2-1-3-15-28/h6-13,20H,1-5,14-19H2,(H,27,32). The van der Waals surface area contributed by atoms with Gasteiger partial charge < -0.3 is 20.0 Å². The number of carbonyl (C=O) groups excluding carboxylic acids is 2. The van der Waals surface area contributed by atoms with E-state index in [2.05, 4.69) is 39.4 Å². The van der Waals surface area contributed by atoms with Crippen molar-refractivity contribution in [3.05, 3.63) is 48.5 Å². The molecule has 2 aromatic rings. The van der Waals surface area contributed by atoms with Crippen LogP contribution in [0.15, 0.2) is 48.5 Å². The van der Waals surface area contributed by atoms with Crippen LogP contribution in [0.4, 0.5) is 22.7 Å². The molecule has 3 fully saturated rings. The van der Waals surface area contributed by atoms with Crippen molar-refractivity contribution in [2.24, 2.45) is 5.92 Å². The molecule has 0 aliphatic carbocycles. The second-order valence-electron chi connectivity index (χ2n) is 9.20. The van der Waals surface area contributed by atoms with E-state index >= 15 is 0 Å². The van der Waals surface area contributed by atoms with Crippen LogP contribution in [0.5, 0.6) is 0 Å². The van der Waals surface area contributed by atoms with Crippen molar-refractivity contribution >= 4 is 34.6 Å². The maximum absolute atomic E-state index is 12.8. The average Bonchev–Trinajstić information content (AvgIpc) is 3.51. The largest absolute Gasteiger partial charge is 0.372 e. The number of anilines is 4. The molecular formula is C26H32N4O2. The summed E-state index contributed by atoms with van der Waals surface area (Å²) in [5.74, 6) is -0.401. The SMILES string of the molecule is O=C(Nc1ccc(N2CCCCC2)cc1)C1CC(=O)N(c2ccc(N3CCCC3)cc2)C1. The van der Waals surface area contributed by atoms with Gasteiger partial charge in [-0.1, -0.05) is 0 Å². The Labute approximate surface area is 190 Å². The van der Waals surface area contributed by atoms with Crippen molar-refractivity contribution in [3.63, 3.8) is 0 Å². The van der Waals surface area contributed by atoms with Gasteiger partial charge in [0.1, 0.15) is 0 Å². The second kappa shape index (κ2) is 9.23. The molecular weight excluding hydrogens is 400 g/mol. The summed E-state index contributed by atoms with van der Waals surface area (Å²) in [7, 11) is 0. The van der Waals surface area contributed by atoms with E-state index in [-0.39, 0.29) is 24.2 Å². The Balaban J connectivity index is 1.18. The molecule has 3 heterocycles. The van der Waals surface area contributed by atoms with Gasteiger partial charge in [0.05, 0.1) is 5.92 Å². The van der Waals surface area contributed by atoms with Crippen molar-refractivity contribution < 1.29 is 9.59 Å². The Morgan fingerprint density at radius 2 is 1.22 bits per heavy atom. The van der Waals surface area contributed by atoms with Gasteiger partial charge in [0.2, 0.25) is 11.8 Å². The quantitative estimate of drug-likeness (QED) is 0.767. The van der Waals surface area contributed by atoms with Crippen LogP contribution >= 0.6 is 0 Å². The van der Waals surface area contributed by atoms with E-state index in [0.29, 0.717) is 6.54 Å². The summed E-state index contributed by atoms with van der Waals surface area (Å²) in [5.41, 5.74) is 4.08. The summed E-state index contributed by atoms with van der Waals surface area (Å²) in [5, 5.41) is 3.01. The minimum atomic E-state index is -0.331. The van der Waals surface area contributed by atoms with E-state index < -0.39 is 0 Å². The van der Waals surface area contributed by atoms with E-state index in [1.807, 2.05) is 24.3 Å². The van der Waals surface area contributed by atoms with Crippen molar-refractivity contribution in [1.29, 1.82) is 0 Å². The molecule has 2 amide bonds. The van der Waals surface area contributed by atoms with Crippen LogP contribution < -0.4 is 20.0 Å². The molecule has 1 unspecified atom stereocenters. The molecule has 5 rings (SSSR count). The van der Waals surface area contributed by atoms with E-state index in [1.54, 1.807) is 4.90 Å². The molecule has 0 aromatic heterocycles. The van der Waals surface area contributed by atoms with Gasteiger partial charge in [-0.3, -0.25) is 9.59 Å². The van der Waals surface area contributed by atoms with Crippen molar-refractivity contribution in [3.8, 4) is 0 Å². The highest BCUT2D eigenvalue weighted by atomic mass is 16.2. The number of hydrogen-bond acceptors (Lipinski definition) is 4. The van der Waals surface area contributed by atoms with E-state index in [0.717, 1.165) is 37.6 Å². The lowest BCUT2D eigenvalue weighted by Gasteiger charge is -2.28. The number of rotatable bonds is 5. The van der Waals surface area contributed by atoms with Crippen LogP contribution in [0.25, 0.3) is 0 Å². The maximum atomic E-state index is 12.8. The lowest BCUT2D eigenvalue weighted by atomic mass is 10.1. The normalized spacial score (nSPS) is 21.3. The molecule has 168 valence electrons. The van der Waals surface area contributed by atoms with Crippen LogP contribution in [0.3, 0.4) is 0 Å². The van der Waals surface area contributed by atoms with Crippen LogP contribution in [-0.4, -0.2) is 44.5 Å². The van der Waals surface area contributed by atoms with Crippen molar-refractivity contribution in [2.75, 3.05) is 52.7 Å². The summed E-state index contributed by atoms with van der Waals surface area (Å²) < 4.78 is 0. The van der Waals surface area contributed by atoms with Gasteiger partial charge in [-0.05, 0) is 80.6 Å². The Morgan fingerprint density at radius 1 is 0.719 bits per heavy atom. The molecule has 1 atom stereocenters. The topological polar surface area (TPSA) is 55.9 Å². The highest BCUT2D eigenvalue weighted by Crippen LogP contribution is 2.29. The minimum Gasteiger partial charge on any atom is -0.372 e. The Morgan fingerprint density at radius 3 is 1.81 bits per heavy atom. The molecule has 3 aliphatic heterocycles. The van der Waals surface area contributed by atoms with E-state index in [9.17, 15) is 9.59 Å². The smallest absolute Gasteiger partial charge is 0.229 e. The van der Waals surface area contributed by atoms with Gasteiger partial charge in [0.25, 0.3) is 0 Å². The molecule has 6 heteroatoms. The molecule has 0 spiro atoms. The highest BCUT2D eigenvalue weighted by Gasteiger charge is 2.35. The van der Waals surface area contributed by atoms with Gasteiger partial charge in [0.15, 0.2) is 0 Å². The first-order valence-electron chi connectivity index (χ1n) is 12.0. The predicted octanol–water partition coefficient (Wildman–Crippen LogP) is 4.27. The zero-order chi connectivity index (χ0) is 21.9. The van der Waals surface area contributed by atoms with E-state index in [4.69, 9.17) is 0 Å². The summed E-state index contributed by atoms with van der Waals surface area (Å²) in [6.45, 7) is 4.83. The molecule has 0 saturated carbocycles. The zero-order valence-corrected chi connectivity index (χ0v) is 18.6. The number of hydrogen-bond donors (Lipinski definition) is 1. The fraction of sp³-hybridized carbons (Fsp3) is 0.462. The lowest BCUT2D eigenvalue weighted by molar-refractivity contribution is -0.122. The fourth-order valence-electron chi connectivity index (χ4n) is 5.10. The first kappa shape index (κ1) is 20.9. The van der Waals surface area contributed by atoms with Gasteiger partial charge in [-0.15, -0.1) is 0 Å². The number of amides is 2. The van der Waals surface area contributed by atoms with Gasteiger partial charge in [0, 0.05) is 61.9 Å². The average molecular weight is 433 g/mol. The van der Waals surface area contributed by atoms with Crippen LogP contribution in [0.1, 0.15) is 38.5 Å². The molecule has 32 heavy (non-hydrogen) atoms. The van der Waals surface area contributed by atoms with Crippen LogP contribution in [0.2, 0.25) is 0 Å². The molecule has 2 aromatic carbocycles. The Bertz CT molecular complexity index is 945. The number of piperidine rings is 1. The first-order valence-corrected chi connectivity index (χ1v) is 12.0. The third-order valence-electron chi connectivity index (χ3n) is 6.98. The van der Waals surface area contributed by atoms with Crippen molar-refractivity contribution in [1.82, 2.24) is 0 Å². The summed E-state index contributed by atoms with van der Waals surface area (Å²) >= 11 is 0. The third kappa shape index (κ3) is 4.45. The summed E-state index contributed by atoms with van der Waals surface area (Å²) in [6, 6.07) is 16.3. The minimum absolute atomic E-state index is 0.0134. The van der Waals surface area contributed by atoms with E-state index in [1.165, 1.54) is 43.5 Å². The van der Waals surface area contributed by atoms with Gasteiger partial charge >= 0.3 is 0 Å². The first-order chi connectivity index (χ1) is 15.7.